The molecule has 2 heterocycles. The fraction of sp³-hybridized carbons (Fsp3) is 0.353. The van der Waals surface area contributed by atoms with Crippen molar-refractivity contribution < 1.29 is 14.0 Å². The lowest BCUT2D eigenvalue weighted by Gasteiger charge is -2.34. The van der Waals surface area contributed by atoms with E-state index in [1.807, 2.05) is 0 Å². The van der Waals surface area contributed by atoms with Crippen LogP contribution in [-0.2, 0) is 4.79 Å². The zero-order chi connectivity index (χ0) is 17.8. The van der Waals surface area contributed by atoms with Crippen LogP contribution in [0.25, 0.3) is 0 Å². The van der Waals surface area contributed by atoms with Crippen LogP contribution in [0.5, 0.6) is 0 Å². The van der Waals surface area contributed by atoms with Crippen molar-refractivity contribution in [2.24, 2.45) is 0 Å². The zero-order valence-corrected chi connectivity index (χ0v) is 13.9. The van der Waals surface area contributed by atoms with E-state index in [1.54, 1.807) is 17.3 Å². The number of carbonyl (C=O) groups excluding carboxylic acids is 2. The number of aromatic amines is 1. The first-order valence-electron chi connectivity index (χ1n) is 8.18. The van der Waals surface area contributed by atoms with Gasteiger partial charge in [-0.05, 0) is 37.5 Å². The molecule has 1 saturated heterocycles. The third-order valence-corrected chi connectivity index (χ3v) is 4.13. The van der Waals surface area contributed by atoms with E-state index in [9.17, 15) is 14.0 Å². The third-order valence-electron chi connectivity index (χ3n) is 4.13. The van der Waals surface area contributed by atoms with Crippen molar-refractivity contribution >= 4 is 23.3 Å². The van der Waals surface area contributed by atoms with Crippen molar-refractivity contribution in [3.8, 4) is 0 Å². The molecule has 1 atom stereocenters. The maximum absolute atomic E-state index is 14.0. The maximum atomic E-state index is 14.0. The van der Waals surface area contributed by atoms with E-state index in [0.29, 0.717) is 12.2 Å². The highest BCUT2D eigenvalue weighted by atomic mass is 19.1. The number of rotatable bonds is 3. The Bertz CT molecular complexity index is 762. The number of amides is 3. The minimum absolute atomic E-state index is 0.0278. The lowest BCUT2D eigenvalue weighted by atomic mass is 10.0. The molecule has 3 amide bonds. The summed E-state index contributed by atoms with van der Waals surface area (Å²) < 4.78 is 14.0. The predicted octanol–water partition coefficient (Wildman–Crippen LogP) is 3.27. The third kappa shape index (κ3) is 3.96. The zero-order valence-electron chi connectivity index (χ0n) is 13.9. The van der Waals surface area contributed by atoms with Gasteiger partial charge < -0.3 is 20.5 Å². The number of piperidine rings is 1. The van der Waals surface area contributed by atoms with Crippen LogP contribution in [0.1, 0.15) is 38.1 Å². The highest BCUT2D eigenvalue weighted by Crippen LogP contribution is 2.30. The molecule has 7 nitrogen and oxygen atoms in total. The largest absolute Gasteiger partial charge is 0.347 e. The lowest BCUT2D eigenvalue weighted by Crippen LogP contribution is -2.41. The second kappa shape index (κ2) is 7.33. The topological polar surface area (TPSA) is 90.1 Å². The van der Waals surface area contributed by atoms with Gasteiger partial charge in [-0.2, -0.15) is 0 Å². The van der Waals surface area contributed by atoms with Crippen molar-refractivity contribution in [2.45, 2.75) is 32.2 Å². The van der Waals surface area contributed by atoms with Crippen molar-refractivity contribution in [1.29, 1.82) is 0 Å². The number of benzene rings is 1. The van der Waals surface area contributed by atoms with E-state index in [-0.39, 0.29) is 23.7 Å². The molecule has 0 bridgehead atoms. The molecule has 2 aromatic rings. The van der Waals surface area contributed by atoms with Crippen LogP contribution < -0.4 is 10.6 Å². The molecule has 3 rings (SSSR count). The van der Waals surface area contributed by atoms with Gasteiger partial charge in [0.2, 0.25) is 5.91 Å². The monoisotopic (exact) mass is 345 g/mol. The molecule has 0 spiro atoms. The molecule has 0 unspecified atom stereocenters. The van der Waals surface area contributed by atoms with E-state index in [2.05, 4.69) is 20.6 Å². The van der Waals surface area contributed by atoms with Crippen molar-refractivity contribution in [3.63, 3.8) is 0 Å². The SMILES string of the molecule is CC(=O)Nc1ccc(F)c(NC(=O)N2CCCC[C@@H]2c2ncc[nH]2)c1. The molecule has 1 fully saturated rings. The number of carbonyl (C=O) groups is 2. The van der Waals surface area contributed by atoms with E-state index < -0.39 is 5.82 Å². The van der Waals surface area contributed by atoms with Crippen LogP contribution in [0.3, 0.4) is 0 Å². The summed E-state index contributed by atoms with van der Waals surface area (Å²) in [4.78, 5) is 32.8. The quantitative estimate of drug-likeness (QED) is 0.797. The number of nitrogens with zero attached hydrogens (tertiary/aromatic N) is 2. The Hall–Kier alpha value is -2.90. The first kappa shape index (κ1) is 16.9. The first-order chi connectivity index (χ1) is 12.0. The van der Waals surface area contributed by atoms with Crippen LogP contribution in [-0.4, -0.2) is 33.4 Å². The van der Waals surface area contributed by atoms with Gasteiger partial charge in [0.25, 0.3) is 0 Å². The highest BCUT2D eigenvalue weighted by molar-refractivity contribution is 5.92. The Balaban J connectivity index is 1.77. The Morgan fingerprint density at radius 2 is 2.16 bits per heavy atom. The predicted molar refractivity (Wildman–Crippen MR) is 91.6 cm³/mol. The van der Waals surface area contributed by atoms with Crippen molar-refractivity contribution in [2.75, 3.05) is 17.2 Å². The minimum atomic E-state index is -0.561. The molecule has 8 heteroatoms. The number of anilines is 2. The van der Waals surface area contributed by atoms with E-state index in [0.717, 1.165) is 25.1 Å². The van der Waals surface area contributed by atoms with E-state index >= 15 is 0 Å². The molecule has 1 aromatic carbocycles. The summed E-state index contributed by atoms with van der Waals surface area (Å²) in [6.45, 7) is 1.94. The maximum Gasteiger partial charge on any atom is 0.322 e. The van der Waals surface area contributed by atoms with E-state index in [4.69, 9.17) is 0 Å². The van der Waals surface area contributed by atoms with Gasteiger partial charge in [-0.25, -0.2) is 14.2 Å². The van der Waals surface area contributed by atoms with E-state index in [1.165, 1.54) is 25.1 Å². The molecule has 132 valence electrons. The number of halogens is 1. The second-order valence-electron chi connectivity index (χ2n) is 5.99. The van der Waals surface area contributed by atoms with Gasteiger partial charge in [-0.3, -0.25) is 4.79 Å². The van der Waals surface area contributed by atoms with Gasteiger partial charge in [0.05, 0.1) is 11.7 Å². The molecule has 0 saturated carbocycles. The average molecular weight is 345 g/mol. The van der Waals surface area contributed by atoms with Gasteiger partial charge in [0.1, 0.15) is 11.6 Å². The van der Waals surface area contributed by atoms with Crippen LogP contribution >= 0.6 is 0 Å². The number of hydrogen-bond acceptors (Lipinski definition) is 3. The molecule has 25 heavy (non-hydrogen) atoms. The summed E-state index contributed by atoms with van der Waals surface area (Å²) in [7, 11) is 0. The number of aromatic nitrogens is 2. The van der Waals surface area contributed by atoms with Gasteiger partial charge in [0.15, 0.2) is 0 Å². The molecular formula is C17H20FN5O2. The first-order valence-corrected chi connectivity index (χ1v) is 8.18. The van der Waals surface area contributed by atoms with Crippen molar-refractivity contribution in [3.05, 3.63) is 42.2 Å². The number of urea groups is 1. The summed E-state index contributed by atoms with van der Waals surface area (Å²) in [5.74, 6) is -0.103. The molecule has 3 N–H and O–H groups in total. The summed E-state index contributed by atoms with van der Waals surface area (Å²) in [6, 6.07) is 3.51. The average Bonchev–Trinajstić information content (AvgIpc) is 3.12. The van der Waals surface area contributed by atoms with Gasteiger partial charge in [-0.1, -0.05) is 0 Å². The number of likely N-dealkylation sites (tertiary alicyclic amines) is 1. The molecular weight excluding hydrogens is 325 g/mol. The number of nitrogens with one attached hydrogen (secondary N) is 3. The Morgan fingerprint density at radius 3 is 2.88 bits per heavy atom. The standard InChI is InChI=1S/C17H20FN5O2/c1-11(24)21-12-5-6-13(18)14(10-12)22-17(25)23-9-3-2-4-15(23)16-19-7-8-20-16/h5-8,10,15H,2-4,9H2,1H3,(H,19,20)(H,21,24)(H,22,25)/t15-/m1/s1. The highest BCUT2D eigenvalue weighted by Gasteiger charge is 2.30. The number of imidazole rings is 1. The molecule has 1 aromatic heterocycles. The normalized spacial score (nSPS) is 17.2. The molecule has 1 aliphatic rings. The summed E-state index contributed by atoms with van der Waals surface area (Å²) in [6.07, 6.45) is 6.06. The molecule has 0 aliphatic carbocycles. The van der Waals surface area contributed by atoms with Crippen LogP contribution in [0.15, 0.2) is 30.6 Å². The summed E-state index contributed by atoms with van der Waals surface area (Å²) >= 11 is 0. The van der Waals surface area contributed by atoms with Gasteiger partial charge in [-0.15, -0.1) is 0 Å². The number of H-pyrrole nitrogens is 1. The Kier molecular flexibility index (Phi) is 4.97. The van der Waals surface area contributed by atoms with Gasteiger partial charge in [0, 0.05) is 31.5 Å². The molecule has 1 aliphatic heterocycles. The van der Waals surface area contributed by atoms with Crippen LogP contribution in [0.4, 0.5) is 20.6 Å². The summed E-state index contributed by atoms with van der Waals surface area (Å²) in [5.41, 5.74) is 0.449. The van der Waals surface area contributed by atoms with Crippen molar-refractivity contribution in [1.82, 2.24) is 14.9 Å². The van der Waals surface area contributed by atoms with Crippen LogP contribution in [0, 0.1) is 5.82 Å². The minimum Gasteiger partial charge on any atom is -0.347 e. The summed E-state index contributed by atoms with van der Waals surface area (Å²) in [5, 5.41) is 5.18. The van der Waals surface area contributed by atoms with Gasteiger partial charge >= 0.3 is 6.03 Å². The fourth-order valence-corrected chi connectivity index (χ4v) is 3.01. The Labute approximate surface area is 144 Å². The lowest BCUT2D eigenvalue weighted by molar-refractivity contribution is -0.114. The second-order valence-corrected chi connectivity index (χ2v) is 5.99. The Morgan fingerprint density at radius 1 is 1.32 bits per heavy atom. The smallest absolute Gasteiger partial charge is 0.322 e. The fourth-order valence-electron chi connectivity index (χ4n) is 3.01. The van der Waals surface area contributed by atoms with Crippen LogP contribution in [0.2, 0.25) is 0 Å². The number of hydrogen-bond donors (Lipinski definition) is 3. The molecule has 0 radical (unpaired) electrons.